The molecule has 4 N–H and O–H groups in total. The molecule has 0 fully saturated rings. The minimum Gasteiger partial charge on any atom is -0.481 e. The third kappa shape index (κ3) is 4.78. The van der Waals surface area contributed by atoms with Crippen molar-refractivity contribution in [3.63, 3.8) is 0 Å². The van der Waals surface area contributed by atoms with Crippen LogP contribution in [0.15, 0.2) is 12.4 Å². The quantitative estimate of drug-likeness (QED) is 0.598. The summed E-state index contributed by atoms with van der Waals surface area (Å²) < 4.78 is 1.27. The number of hydrogen-bond acceptors (Lipinski definition) is 4. The molecule has 0 atom stereocenters. The Morgan fingerprint density at radius 1 is 1.41 bits per heavy atom. The number of nitrogens with one attached hydrogen (secondary N) is 1. The topological polar surface area (TPSA) is 127 Å². The van der Waals surface area contributed by atoms with Crippen molar-refractivity contribution in [2.45, 2.75) is 19.4 Å². The molecular weight excluding hydrogens is 228 g/mol. The SMILES string of the molecule is NC(=O)Cn1cc(NC(=O)CCC(=O)O)cn1. The van der Waals surface area contributed by atoms with Gasteiger partial charge in [0.15, 0.2) is 0 Å². The van der Waals surface area contributed by atoms with Crippen LogP contribution >= 0.6 is 0 Å². The van der Waals surface area contributed by atoms with Gasteiger partial charge in [0.05, 0.1) is 18.3 Å². The Morgan fingerprint density at radius 3 is 2.71 bits per heavy atom. The first-order valence-corrected chi connectivity index (χ1v) is 4.80. The smallest absolute Gasteiger partial charge is 0.303 e. The lowest BCUT2D eigenvalue weighted by molar-refractivity contribution is -0.138. The van der Waals surface area contributed by atoms with Gasteiger partial charge in [-0.1, -0.05) is 0 Å². The number of carbonyl (C=O) groups is 3. The van der Waals surface area contributed by atoms with E-state index in [9.17, 15) is 14.4 Å². The molecule has 1 heterocycles. The second-order valence-electron chi connectivity index (χ2n) is 3.33. The second kappa shape index (κ2) is 5.64. The zero-order chi connectivity index (χ0) is 12.8. The number of aliphatic carboxylic acids is 1. The van der Waals surface area contributed by atoms with Crippen LogP contribution in [0.1, 0.15) is 12.8 Å². The summed E-state index contributed by atoms with van der Waals surface area (Å²) in [5, 5.41) is 14.6. The molecule has 0 aromatic carbocycles. The number of carboxylic acids is 1. The fraction of sp³-hybridized carbons (Fsp3) is 0.333. The molecule has 0 aliphatic heterocycles. The van der Waals surface area contributed by atoms with Gasteiger partial charge in [-0.2, -0.15) is 5.10 Å². The van der Waals surface area contributed by atoms with Crippen LogP contribution in [0.4, 0.5) is 5.69 Å². The van der Waals surface area contributed by atoms with Gasteiger partial charge in [0.25, 0.3) is 0 Å². The molecule has 0 aliphatic carbocycles. The monoisotopic (exact) mass is 240 g/mol. The summed E-state index contributed by atoms with van der Waals surface area (Å²) in [6.45, 7) is -0.0784. The first-order valence-electron chi connectivity index (χ1n) is 4.80. The normalized spacial score (nSPS) is 9.88. The van der Waals surface area contributed by atoms with E-state index in [0.717, 1.165) is 0 Å². The molecule has 0 spiro atoms. The number of primary amides is 1. The van der Waals surface area contributed by atoms with Crippen molar-refractivity contribution in [1.29, 1.82) is 0 Å². The van der Waals surface area contributed by atoms with Crippen molar-refractivity contribution >= 4 is 23.5 Å². The molecule has 0 bridgehead atoms. The van der Waals surface area contributed by atoms with Gasteiger partial charge in [0, 0.05) is 12.6 Å². The molecule has 92 valence electrons. The van der Waals surface area contributed by atoms with E-state index in [4.69, 9.17) is 10.8 Å². The second-order valence-corrected chi connectivity index (χ2v) is 3.33. The van der Waals surface area contributed by atoms with Crippen LogP contribution in [-0.4, -0.2) is 32.7 Å². The first-order chi connectivity index (χ1) is 7.97. The van der Waals surface area contributed by atoms with Crippen LogP contribution in [0, 0.1) is 0 Å². The zero-order valence-electron chi connectivity index (χ0n) is 8.92. The van der Waals surface area contributed by atoms with Gasteiger partial charge >= 0.3 is 5.97 Å². The van der Waals surface area contributed by atoms with Crippen molar-refractivity contribution in [3.8, 4) is 0 Å². The third-order valence-electron chi connectivity index (χ3n) is 1.80. The molecule has 2 amide bonds. The summed E-state index contributed by atoms with van der Waals surface area (Å²) in [7, 11) is 0. The average molecular weight is 240 g/mol. The first kappa shape index (κ1) is 12.7. The third-order valence-corrected chi connectivity index (χ3v) is 1.80. The highest BCUT2D eigenvalue weighted by Crippen LogP contribution is 2.05. The Balaban J connectivity index is 2.46. The molecule has 0 saturated heterocycles. The largest absolute Gasteiger partial charge is 0.481 e. The van der Waals surface area contributed by atoms with Gasteiger partial charge < -0.3 is 16.2 Å². The van der Waals surface area contributed by atoms with E-state index in [-0.39, 0.29) is 19.4 Å². The van der Waals surface area contributed by atoms with Gasteiger partial charge in [-0.3, -0.25) is 19.1 Å². The number of anilines is 1. The van der Waals surface area contributed by atoms with Gasteiger partial charge in [-0.25, -0.2) is 0 Å². The van der Waals surface area contributed by atoms with E-state index < -0.39 is 17.8 Å². The Hall–Kier alpha value is -2.38. The summed E-state index contributed by atoms with van der Waals surface area (Å²) in [6.07, 6.45) is 2.43. The van der Waals surface area contributed by atoms with E-state index in [1.54, 1.807) is 0 Å². The Labute approximate surface area is 96.4 Å². The fourth-order valence-electron chi connectivity index (χ4n) is 1.12. The summed E-state index contributed by atoms with van der Waals surface area (Å²) in [5.41, 5.74) is 5.35. The molecular formula is C9H12N4O4. The number of nitrogens with two attached hydrogens (primary N) is 1. The molecule has 1 aromatic heterocycles. The van der Waals surface area contributed by atoms with Crippen molar-refractivity contribution in [3.05, 3.63) is 12.4 Å². The van der Waals surface area contributed by atoms with E-state index in [1.807, 2.05) is 0 Å². The minimum absolute atomic E-state index is 0.0784. The number of hydrogen-bond donors (Lipinski definition) is 3. The highest BCUT2D eigenvalue weighted by Gasteiger charge is 2.07. The fourth-order valence-corrected chi connectivity index (χ4v) is 1.12. The van der Waals surface area contributed by atoms with Gasteiger partial charge in [0.1, 0.15) is 6.54 Å². The maximum absolute atomic E-state index is 11.2. The van der Waals surface area contributed by atoms with Crippen LogP contribution in [0.2, 0.25) is 0 Å². The Morgan fingerprint density at radius 2 is 2.12 bits per heavy atom. The van der Waals surface area contributed by atoms with Crippen molar-refractivity contribution < 1.29 is 19.5 Å². The van der Waals surface area contributed by atoms with E-state index in [0.29, 0.717) is 5.69 Å². The lowest BCUT2D eigenvalue weighted by Gasteiger charge is -1.99. The molecule has 8 heteroatoms. The summed E-state index contributed by atoms with van der Waals surface area (Å²) in [4.78, 5) is 32.1. The molecule has 8 nitrogen and oxygen atoms in total. The summed E-state index contributed by atoms with van der Waals surface area (Å²) in [6, 6.07) is 0. The van der Waals surface area contributed by atoms with Gasteiger partial charge in [-0.05, 0) is 0 Å². The number of carbonyl (C=O) groups excluding carboxylic acids is 2. The maximum atomic E-state index is 11.2. The molecule has 0 unspecified atom stereocenters. The van der Waals surface area contributed by atoms with Crippen LogP contribution in [0.25, 0.3) is 0 Å². The lowest BCUT2D eigenvalue weighted by atomic mass is 10.3. The minimum atomic E-state index is -1.04. The molecule has 0 saturated carbocycles. The van der Waals surface area contributed by atoms with Crippen molar-refractivity contribution in [2.24, 2.45) is 5.73 Å². The van der Waals surface area contributed by atoms with Gasteiger partial charge in [-0.15, -0.1) is 0 Å². The highest BCUT2D eigenvalue weighted by molar-refractivity contribution is 5.92. The summed E-state index contributed by atoms with van der Waals surface area (Å²) >= 11 is 0. The highest BCUT2D eigenvalue weighted by atomic mass is 16.4. The molecule has 17 heavy (non-hydrogen) atoms. The molecule has 0 aliphatic rings. The standard InChI is InChI=1S/C9H12N4O4/c10-7(14)5-13-4-6(3-11-13)12-8(15)1-2-9(16)17/h3-4H,1-2,5H2,(H2,10,14)(H,12,15)(H,16,17). The zero-order valence-corrected chi connectivity index (χ0v) is 8.92. The van der Waals surface area contributed by atoms with Gasteiger partial charge in [0.2, 0.25) is 11.8 Å². The van der Waals surface area contributed by atoms with E-state index in [1.165, 1.54) is 17.1 Å². The van der Waals surface area contributed by atoms with E-state index in [2.05, 4.69) is 10.4 Å². The summed E-state index contributed by atoms with van der Waals surface area (Å²) in [5.74, 6) is -2.01. The van der Waals surface area contributed by atoms with Crippen LogP contribution in [0.3, 0.4) is 0 Å². The Kier molecular flexibility index (Phi) is 4.21. The number of carboxylic acid groups (broad SMARTS) is 1. The number of rotatable bonds is 6. The van der Waals surface area contributed by atoms with Crippen LogP contribution in [-0.2, 0) is 20.9 Å². The van der Waals surface area contributed by atoms with Crippen molar-refractivity contribution in [2.75, 3.05) is 5.32 Å². The number of aromatic nitrogens is 2. The van der Waals surface area contributed by atoms with Crippen molar-refractivity contribution in [1.82, 2.24) is 9.78 Å². The van der Waals surface area contributed by atoms with E-state index >= 15 is 0 Å². The number of nitrogens with zero attached hydrogens (tertiary/aromatic N) is 2. The Bertz CT molecular complexity index is 440. The molecule has 1 aromatic rings. The lowest BCUT2D eigenvalue weighted by Crippen LogP contribution is -2.18. The van der Waals surface area contributed by atoms with Crippen LogP contribution < -0.4 is 11.1 Å². The van der Waals surface area contributed by atoms with Crippen LogP contribution in [0.5, 0.6) is 0 Å². The molecule has 1 rings (SSSR count). The average Bonchev–Trinajstić information content (AvgIpc) is 2.61. The predicted octanol–water partition coefficient (Wildman–Crippen LogP) is -0.828. The maximum Gasteiger partial charge on any atom is 0.303 e. The number of amides is 2. The molecule has 0 radical (unpaired) electrons. The predicted molar refractivity (Wildman–Crippen MR) is 56.9 cm³/mol.